The lowest BCUT2D eigenvalue weighted by molar-refractivity contribution is -0.153. The van der Waals surface area contributed by atoms with Gasteiger partial charge in [0.2, 0.25) is 11.1 Å². The molecule has 4 heterocycles. The molecule has 3 aliphatic rings. The lowest BCUT2D eigenvalue weighted by atomic mass is 10.0. The number of thioether (sulfide) groups is 2. The topological polar surface area (TPSA) is 219 Å². The molecule has 19 nitrogen and oxygen atoms in total. The first-order valence-corrected chi connectivity index (χ1v) is 19.3. The molecule has 1 aromatic carbocycles. The summed E-state index contributed by atoms with van der Waals surface area (Å²) in [4.78, 5) is 97.1. The van der Waals surface area contributed by atoms with Crippen molar-refractivity contribution in [2.24, 2.45) is 7.05 Å². The highest BCUT2D eigenvalue weighted by Gasteiger charge is 2.55. The Bertz CT molecular complexity index is 1820. The fraction of sp³-hybridized carbons (Fsp3) is 0.515. The van der Waals surface area contributed by atoms with Gasteiger partial charge in [-0.2, -0.15) is 0 Å². The van der Waals surface area contributed by atoms with Gasteiger partial charge in [-0.1, -0.05) is 37.7 Å². The van der Waals surface area contributed by atoms with E-state index in [-0.39, 0.29) is 55.7 Å². The number of β-lactam (4-membered cyclic amide) rings is 1. The molecule has 22 heteroatoms. The zero-order valence-electron chi connectivity index (χ0n) is 30.9. The third-order valence-corrected chi connectivity index (χ3v) is 11.4. The van der Waals surface area contributed by atoms with E-state index >= 15 is 0 Å². The maximum Gasteiger partial charge on any atom is 0.355 e. The van der Waals surface area contributed by atoms with E-state index in [4.69, 9.17) is 9.47 Å². The molecular weight excluding hydrogens is 780 g/mol. The molecule has 3 atom stereocenters. The molecule has 55 heavy (non-hydrogen) atoms. The van der Waals surface area contributed by atoms with Crippen LogP contribution in [0.5, 0.6) is 5.75 Å². The molecule has 5 rings (SSSR count). The molecular formula is C33H43ClN10O9S2. The average Bonchev–Trinajstić information content (AvgIpc) is 3.58. The number of carbonyl (C=O) groups is 7. The lowest BCUT2D eigenvalue weighted by Crippen LogP contribution is -2.71. The minimum absolute atomic E-state index is 0. The molecule has 2 aromatic rings. The molecule has 0 spiro atoms. The number of carbonyl (C=O) groups excluding carboxylic acids is 7. The van der Waals surface area contributed by atoms with Crippen molar-refractivity contribution < 1.29 is 43.0 Å². The number of aromatic nitrogens is 4. The van der Waals surface area contributed by atoms with Crippen molar-refractivity contribution in [2.45, 2.75) is 50.3 Å². The SMILES string of the molecule is CCN(CC)CCOC(=O)C1=C(CSc2nnnn2C)CSC2C(NC(=O)C(NC(=O)N3CCN(CC)C(=O)C3=O)c3ccc(OC(C)=O)cc3)C(=O)N12.Cl. The van der Waals surface area contributed by atoms with Crippen LogP contribution in [0.25, 0.3) is 0 Å². The van der Waals surface area contributed by atoms with Gasteiger partial charge in [0.25, 0.3) is 5.91 Å². The van der Waals surface area contributed by atoms with Crippen molar-refractivity contribution in [1.29, 1.82) is 0 Å². The summed E-state index contributed by atoms with van der Waals surface area (Å²) in [5.41, 5.74) is 0.963. The number of aryl methyl sites for hydroxylation is 1. The largest absolute Gasteiger partial charge is 0.460 e. The summed E-state index contributed by atoms with van der Waals surface area (Å²) >= 11 is 2.64. The number of imide groups is 1. The number of halogens is 1. The summed E-state index contributed by atoms with van der Waals surface area (Å²) < 4.78 is 12.2. The van der Waals surface area contributed by atoms with Gasteiger partial charge in [-0.25, -0.2) is 14.3 Å². The van der Waals surface area contributed by atoms with Crippen molar-refractivity contribution >= 4 is 77.5 Å². The Balaban J connectivity index is 0.00000673. The smallest absolute Gasteiger partial charge is 0.355 e. The Labute approximate surface area is 331 Å². The van der Waals surface area contributed by atoms with Gasteiger partial charge in [-0.15, -0.1) is 29.3 Å². The molecule has 0 aliphatic carbocycles. The number of benzene rings is 1. The van der Waals surface area contributed by atoms with Crippen LogP contribution in [0.4, 0.5) is 4.79 Å². The van der Waals surface area contributed by atoms with Crippen LogP contribution in [0, 0.1) is 0 Å². The minimum atomic E-state index is -1.45. The molecule has 2 fully saturated rings. The van der Waals surface area contributed by atoms with Crippen LogP contribution < -0.4 is 15.4 Å². The van der Waals surface area contributed by atoms with Crippen LogP contribution >= 0.6 is 35.9 Å². The van der Waals surface area contributed by atoms with E-state index in [1.807, 2.05) is 13.8 Å². The number of urea groups is 1. The number of nitrogens with one attached hydrogen (secondary N) is 2. The Morgan fingerprint density at radius 3 is 2.38 bits per heavy atom. The van der Waals surface area contributed by atoms with E-state index in [2.05, 4.69) is 31.1 Å². The first kappa shape index (κ1) is 43.0. The highest BCUT2D eigenvalue weighted by atomic mass is 35.5. The van der Waals surface area contributed by atoms with E-state index in [1.54, 1.807) is 14.0 Å². The number of hydrogen-bond donors (Lipinski definition) is 2. The maximum atomic E-state index is 14.0. The molecule has 2 N–H and O–H groups in total. The van der Waals surface area contributed by atoms with E-state index in [0.29, 0.717) is 28.8 Å². The van der Waals surface area contributed by atoms with Gasteiger partial charge in [0.1, 0.15) is 35.5 Å². The van der Waals surface area contributed by atoms with Crippen LogP contribution in [0.2, 0.25) is 0 Å². The molecule has 3 aliphatic heterocycles. The Morgan fingerprint density at radius 1 is 1.05 bits per heavy atom. The van der Waals surface area contributed by atoms with E-state index in [1.165, 1.54) is 69.2 Å². The van der Waals surface area contributed by atoms with Gasteiger partial charge < -0.3 is 29.9 Å². The third-order valence-electron chi connectivity index (χ3n) is 8.97. The minimum Gasteiger partial charge on any atom is -0.460 e. The number of ether oxygens (including phenoxy) is 2. The summed E-state index contributed by atoms with van der Waals surface area (Å²) in [5.74, 6) is -3.67. The predicted molar refractivity (Wildman–Crippen MR) is 201 cm³/mol. The molecule has 0 saturated carbocycles. The summed E-state index contributed by atoms with van der Waals surface area (Å²) in [6.45, 7) is 9.43. The van der Waals surface area contributed by atoms with Crippen LogP contribution in [-0.2, 0) is 40.6 Å². The second kappa shape index (κ2) is 19.2. The Hall–Kier alpha value is -4.73. The van der Waals surface area contributed by atoms with E-state index in [0.717, 1.165) is 18.0 Å². The van der Waals surface area contributed by atoms with Gasteiger partial charge >= 0.3 is 29.8 Å². The van der Waals surface area contributed by atoms with Crippen molar-refractivity contribution in [1.82, 2.24) is 50.4 Å². The molecule has 298 valence electrons. The quantitative estimate of drug-likeness (QED) is 0.0814. The fourth-order valence-electron chi connectivity index (χ4n) is 5.96. The monoisotopic (exact) mass is 822 g/mol. The Morgan fingerprint density at radius 2 is 1.76 bits per heavy atom. The zero-order valence-corrected chi connectivity index (χ0v) is 33.3. The molecule has 0 bridgehead atoms. The molecule has 0 radical (unpaired) electrons. The number of fused-ring (bicyclic) bond motifs is 1. The van der Waals surface area contributed by atoms with Crippen LogP contribution in [0.15, 0.2) is 40.7 Å². The summed E-state index contributed by atoms with van der Waals surface area (Å²) in [6, 6.07) is 2.21. The second-order valence-electron chi connectivity index (χ2n) is 12.3. The third kappa shape index (κ3) is 9.75. The lowest BCUT2D eigenvalue weighted by Gasteiger charge is -2.50. The molecule has 6 amide bonds. The summed E-state index contributed by atoms with van der Waals surface area (Å²) in [6.07, 6.45) is 0. The van der Waals surface area contributed by atoms with Gasteiger partial charge in [0, 0.05) is 51.7 Å². The maximum absolute atomic E-state index is 14.0. The normalized spacial score (nSPS) is 18.7. The van der Waals surface area contributed by atoms with Crippen LogP contribution in [0.3, 0.4) is 0 Å². The number of likely N-dealkylation sites (N-methyl/N-ethyl adjacent to an activating group) is 2. The Kier molecular flexibility index (Phi) is 15.0. The number of esters is 2. The number of amides is 6. The number of hydrogen-bond acceptors (Lipinski definition) is 15. The first-order valence-electron chi connectivity index (χ1n) is 17.3. The van der Waals surface area contributed by atoms with Crippen molar-refractivity contribution in [3.8, 4) is 5.75 Å². The fourth-order valence-corrected chi connectivity index (χ4v) is 8.29. The van der Waals surface area contributed by atoms with Crippen LogP contribution in [0.1, 0.15) is 39.3 Å². The number of tetrazole rings is 1. The highest BCUT2D eigenvalue weighted by Crippen LogP contribution is 2.42. The second-order valence-corrected chi connectivity index (χ2v) is 14.3. The van der Waals surface area contributed by atoms with Crippen molar-refractivity contribution in [3.05, 3.63) is 41.1 Å². The first-order chi connectivity index (χ1) is 25.9. The zero-order chi connectivity index (χ0) is 39.1. The number of rotatable bonds is 15. The molecule has 1 aromatic heterocycles. The predicted octanol–water partition coefficient (Wildman–Crippen LogP) is 0.330. The summed E-state index contributed by atoms with van der Waals surface area (Å²) in [5, 5.41) is 16.5. The van der Waals surface area contributed by atoms with Crippen molar-refractivity contribution in [2.75, 3.05) is 57.4 Å². The number of nitrogens with zero attached hydrogens (tertiary/aromatic N) is 8. The van der Waals surface area contributed by atoms with Gasteiger partial charge in [0.15, 0.2) is 0 Å². The summed E-state index contributed by atoms with van der Waals surface area (Å²) in [7, 11) is 1.69. The highest BCUT2D eigenvalue weighted by molar-refractivity contribution is 8.01. The number of piperazine rings is 1. The van der Waals surface area contributed by atoms with E-state index < -0.39 is 59.1 Å². The molecule has 3 unspecified atom stereocenters. The average molecular weight is 823 g/mol. The van der Waals surface area contributed by atoms with Gasteiger partial charge in [-0.3, -0.25) is 33.8 Å². The van der Waals surface area contributed by atoms with Gasteiger partial charge in [-0.05, 0) is 53.7 Å². The standard InChI is InChI=1S/C33H42N10O9S2.ClH/c1-6-40(7-2)15-16-51-31(49)25-21(18-54-33-36-37-38-39(33)5)17-53-30-24(27(46)43(25)30)34-26(45)23(20-9-11-22(12-10-20)52-19(4)44)35-32(50)42-14-13-41(8-3)28(47)29(42)48;/h9-12,23-24,30H,6-8,13-18H2,1-5H3,(H,34,45)(H,35,50);1H. The van der Waals surface area contributed by atoms with Crippen LogP contribution in [-0.4, -0.2) is 150 Å². The van der Waals surface area contributed by atoms with E-state index in [9.17, 15) is 33.6 Å². The van der Waals surface area contributed by atoms with Gasteiger partial charge in [0.05, 0.1) is 0 Å². The molecule has 2 saturated heterocycles. The van der Waals surface area contributed by atoms with Crippen molar-refractivity contribution in [3.63, 3.8) is 0 Å².